The Kier molecular flexibility index (Phi) is 5.83. The minimum atomic E-state index is 0.361. The quantitative estimate of drug-likeness (QED) is 0.750. The number of nitrogens with one attached hydrogen (secondary N) is 1. The Morgan fingerprint density at radius 2 is 2.43 bits per heavy atom. The molecular weight excluding hydrogens is 194 g/mol. The molecule has 0 aliphatic heterocycles. The Balaban J connectivity index is 2.13. The molecule has 0 fully saturated rings. The first-order chi connectivity index (χ1) is 6.86. The second-order valence-corrected chi connectivity index (χ2v) is 4.32. The normalized spacial score (nSPS) is 13.0. The van der Waals surface area contributed by atoms with Gasteiger partial charge in [-0.3, -0.25) is 0 Å². The summed E-state index contributed by atoms with van der Waals surface area (Å²) in [6.07, 6.45) is 2.48. The average Bonchev–Trinajstić information content (AvgIpc) is 2.69. The summed E-state index contributed by atoms with van der Waals surface area (Å²) in [4.78, 5) is 1.41. The number of ether oxygens (including phenoxy) is 1. The van der Waals surface area contributed by atoms with Crippen LogP contribution in [0.25, 0.3) is 0 Å². The first kappa shape index (κ1) is 11.7. The highest BCUT2D eigenvalue weighted by Crippen LogP contribution is 2.09. The zero-order chi connectivity index (χ0) is 10.2. The molecule has 2 nitrogen and oxygen atoms in total. The van der Waals surface area contributed by atoms with Gasteiger partial charge in [0.05, 0.1) is 12.7 Å². The lowest BCUT2D eigenvalue weighted by Crippen LogP contribution is -2.26. The van der Waals surface area contributed by atoms with Crippen LogP contribution in [0.15, 0.2) is 17.5 Å². The van der Waals surface area contributed by atoms with E-state index in [1.807, 2.05) is 7.05 Å². The van der Waals surface area contributed by atoms with Gasteiger partial charge in [-0.05, 0) is 24.9 Å². The van der Waals surface area contributed by atoms with Crippen LogP contribution in [0.4, 0.5) is 0 Å². The highest BCUT2D eigenvalue weighted by Gasteiger charge is 2.04. The smallest absolute Gasteiger partial charge is 0.0696 e. The van der Waals surface area contributed by atoms with Crippen molar-refractivity contribution in [3.63, 3.8) is 0 Å². The third-order valence-electron chi connectivity index (χ3n) is 2.17. The summed E-state index contributed by atoms with van der Waals surface area (Å²) in [6.45, 7) is 3.94. The molecule has 0 radical (unpaired) electrons. The summed E-state index contributed by atoms with van der Waals surface area (Å²) in [5, 5.41) is 5.25. The van der Waals surface area contributed by atoms with Crippen LogP contribution in [-0.4, -0.2) is 26.3 Å². The SMILES string of the molecule is CCC(CNC)OCCc1cccs1. The molecule has 0 spiro atoms. The summed E-state index contributed by atoms with van der Waals surface area (Å²) >= 11 is 1.80. The van der Waals surface area contributed by atoms with Crippen LogP contribution in [0, 0.1) is 0 Å². The van der Waals surface area contributed by atoms with Crippen molar-refractivity contribution in [2.75, 3.05) is 20.2 Å². The second-order valence-electron chi connectivity index (χ2n) is 3.29. The van der Waals surface area contributed by atoms with Crippen molar-refractivity contribution in [1.29, 1.82) is 0 Å². The van der Waals surface area contributed by atoms with Crippen molar-refractivity contribution < 1.29 is 4.74 Å². The number of likely N-dealkylation sites (N-methyl/N-ethyl adjacent to an activating group) is 1. The molecule has 14 heavy (non-hydrogen) atoms. The van der Waals surface area contributed by atoms with E-state index >= 15 is 0 Å². The maximum Gasteiger partial charge on any atom is 0.0696 e. The summed E-state index contributed by atoms with van der Waals surface area (Å²) in [5.41, 5.74) is 0. The van der Waals surface area contributed by atoms with Crippen molar-refractivity contribution in [2.45, 2.75) is 25.9 Å². The highest BCUT2D eigenvalue weighted by molar-refractivity contribution is 7.09. The van der Waals surface area contributed by atoms with Gasteiger partial charge >= 0.3 is 0 Å². The molecule has 1 N–H and O–H groups in total. The predicted molar refractivity (Wildman–Crippen MR) is 62.0 cm³/mol. The van der Waals surface area contributed by atoms with E-state index in [-0.39, 0.29) is 0 Å². The third-order valence-corrected chi connectivity index (χ3v) is 3.11. The van der Waals surface area contributed by atoms with Crippen molar-refractivity contribution >= 4 is 11.3 Å². The Labute approximate surface area is 90.3 Å². The van der Waals surface area contributed by atoms with Crippen LogP contribution >= 0.6 is 11.3 Å². The minimum Gasteiger partial charge on any atom is -0.377 e. The van der Waals surface area contributed by atoms with Gasteiger partial charge in [-0.15, -0.1) is 11.3 Å². The number of hydrogen-bond donors (Lipinski definition) is 1. The molecule has 0 bridgehead atoms. The monoisotopic (exact) mass is 213 g/mol. The highest BCUT2D eigenvalue weighted by atomic mass is 32.1. The Morgan fingerprint density at radius 1 is 1.57 bits per heavy atom. The predicted octanol–water partition coefficient (Wildman–Crippen LogP) is 2.31. The van der Waals surface area contributed by atoms with Crippen molar-refractivity contribution in [3.8, 4) is 0 Å². The van der Waals surface area contributed by atoms with Gasteiger partial charge in [0, 0.05) is 17.8 Å². The molecule has 80 valence electrons. The summed E-state index contributed by atoms with van der Waals surface area (Å²) in [7, 11) is 1.96. The number of thiophene rings is 1. The van der Waals surface area contributed by atoms with Gasteiger partial charge in [-0.2, -0.15) is 0 Å². The van der Waals surface area contributed by atoms with E-state index in [2.05, 4.69) is 29.8 Å². The molecule has 0 saturated carbocycles. The van der Waals surface area contributed by atoms with E-state index in [9.17, 15) is 0 Å². The fraction of sp³-hybridized carbons (Fsp3) is 0.636. The van der Waals surface area contributed by atoms with E-state index in [1.54, 1.807) is 11.3 Å². The minimum absolute atomic E-state index is 0.361. The van der Waals surface area contributed by atoms with Crippen LogP contribution in [0.2, 0.25) is 0 Å². The zero-order valence-electron chi connectivity index (χ0n) is 8.95. The summed E-state index contributed by atoms with van der Waals surface area (Å²) in [5.74, 6) is 0. The molecule has 3 heteroatoms. The molecular formula is C11H19NOS. The maximum atomic E-state index is 5.75. The van der Waals surface area contributed by atoms with Gasteiger partial charge < -0.3 is 10.1 Å². The topological polar surface area (TPSA) is 21.3 Å². The van der Waals surface area contributed by atoms with Crippen LogP contribution < -0.4 is 5.32 Å². The molecule has 1 rings (SSSR count). The van der Waals surface area contributed by atoms with Gasteiger partial charge in [-0.1, -0.05) is 13.0 Å². The van der Waals surface area contributed by atoms with E-state index in [0.29, 0.717) is 6.10 Å². The zero-order valence-corrected chi connectivity index (χ0v) is 9.77. The van der Waals surface area contributed by atoms with E-state index in [1.165, 1.54) is 4.88 Å². The number of hydrogen-bond acceptors (Lipinski definition) is 3. The summed E-state index contributed by atoms with van der Waals surface area (Å²) < 4.78 is 5.75. The van der Waals surface area contributed by atoms with E-state index < -0.39 is 0 Å². The standard InChI is InChI=1S/C11H19NOS/c1-3-10(9-12-2)13-7-6-11-5-4-8-14-11/h4-5,8,10,12H,3,6-7,9H2,1-2H3. The first-order valence-corrected chi connectivity index (χ1v) is 6.03. The van der Waals surface area contributed by atoms with Crippen molar-refractivity contribution in [1.82, 2.24) is 5.32 Å². The van der Waals surface area contributed by atoms with Crippen molar-refractivity contribution in [2.24, 2.45) is 0 Å². The Hall–Kier alpha value is -0.380. The molecule has 0 saturated heterocycles. The first-order valence-electron chi connectivity index (χ1n) is 5.15. The van der Waals surface area contributed by atoms with Gasteiger partial charge in [-0.25, -0.2) is 0 Å². The fourth-order valence-corrected chi connectivity index (χ4v) is 2.02. The van der Waals surface area contributed by atoms with Crippen molar-refractivity contribution in [3.05, 3.63) is 22.4 Å². The van der Waals surface area contributed by atoms with Crippen LogP contribution in [0.3, 0.4) is 0 Å². The van der Waals surface area contributed by atoms with E-state index in [4.69, 9.17) is 4.74 Å². The van der Waals surface area contributed by atoms with Gasteiger partial charge in [0.25, 0.3) is 0 Å². The van der Waals surface area contributed by atoms with Gasteiger partial charge in [0.1, 0.15) is 0 Å². The molecule has 1 atom stereocenters. The molecule has 0 amide bonds. The summed E-state index contributed by atoms with van der Waals surface area (Å²) in [6, 6.07) is 4.25. The Bertz CT molecular complexity index is 223. The molecule has 0 aliphatic rings. The van der Waals surface area contributed by atoms with Gasteiger partial charge in [0.2, 0.25) is 0 Å². The molecule has 1 aromatic rings. The lowest BCUT2D eigenvalue weighted by Gasteiger charge is -2.14. The fourth-order valence-electron chi connectivity index (χ4n) is 1.33. The van der Waals surface area contributed by atoms with Crippen LogP contribution in [0.5, 0.6) is 0 Å². The van der Waals surface area contributed by atoms with Crippen LogP contribution in [0.1, 0.15) is 18.2 Å². The third kappa shape index (κ3) is 4.22. The lowest BCUT2D eigenvalue weighted by atomic mass is 10.3. The molecule has 1 unspecified atom stereocenters. The Morgan fingerprint density at radius 3 is 3.00 bits per heavy atom. The second kappa shape index (κ2) is 6.98. The molecule has 0 aliphatic carbocycles. The van der Waals surface area contributed by atoms with Gasteiger partial charge in [0.15, 0.2) is 0 Å². The molecule has 1 heterocycles. The maximum absolute atomic E-state index is 5.75. The van der Waals surface area contributed by atoms with E-state index in [0.717, 1.165) is 26.0 Å². The molecule has 1 aromatic heterocycles. The van der Waals surface area contributed by atoms with Crippen LogP contribution in [-0.2, 0) is 11.2 Å². The number of rotatable bonds is 7. The average molecular weight is 213 g/mol. The molecule has 0 aromatic carbocycles. The lowest BCUT2D eigenvalue weighted by molar-refractivity contribution is 0.0545. The largest absolute Gasteiger partial charge is 0.377 e.